The van der Waals surface area contributed by atoms with Gasteiger partial charge in [0.25, 0.3) is 0 Å². The highest BCUT2D eigenvalue weighted by atomic mass is 16.4. The fourth-order valence-electron chi connectivity index (χ4n) is 3.04. The van der Waals surface area contributed by atoms with Crippen LogP contribution in [0, 0.1) is 5.41 Å². The van der Waals surface area contributed by atoms with Crippen LogP contribution in [0.3, 0.4) is 0 Å². The van der Waals surface area contributed by atoms with Gasteiger partial charge in [0.15, 0.2) is 0 Å². The molecule has 2 heteroatoms. The van der Waals surface area contributed by atoms with Crippen LogP contribution in [0.15, 0.2) is 30.3 Å². The molecule has 86 valence electrons. The number of aliphatic carboxylic acids is 1. The molecule has 0 spiro atoms. The summed E-state index contributed by atoms with van der Waals surface area (Å²) in [5.41, 5.74) is 1.23. The zero-order valence-corrected chi connectivity index (χ0v) is 9.65. The van der Waals surface area contributed by atoms with Crippen molar-refractivity contribution >= 4 is 5.97 Å². The first kappa shape index (κ1) is 11.2. The number of benzene rings is 1. The Labute approximate surface area is 96.3 Å². The Bertz CT molecular complexity index is 372. The molecule has 1 aromatic rings. The number of hydrogen-bond acceptors (Lipinski definition) is 1. The standard InChI is InChI=1S/C14H18O2/c1-14(10-13(15)16)9-5-8-12(14)11-6-3-2-4-7-11/h2-4,6-7,12H,5,8-10H2,1H3,(H,15,16). The molecule has 2 rings (SSSR count). The maximum atomic E-state index is 10.9. The van der Waals surface area contributed by atoms with Crippen LogP contribution in [0.5, 0.6) is 0 Å². The smallest absolute Gasteiger partial charge is 0.303 e. The van der Waals surface area contributed by atoms with Crippen LogP contribution >= 0.6 is 0 Å². The highest BCUT2D eigenvalue weighted by Gasteiger charge is 2.40. The zero-order valence-electron chi connectivity index (χ0n) is 9.65. The van der Waals surface area contributed by atoms with E-state index in [9.17, 15) is 4.79 Å². The van der Waals surface area contributed by atoms with Crippen LogP contribution in [0.25, 0.3) is 0 Å². The van der Waals surface area contributed by atoms with Crippen molar-refractivity contribution < 1.29 is 9.90 Å². The monoisotopic (exact) mass is 218 g/mol. The van der Waals surface area contributed by atoms with E-state index in [-0.39, 0.29) is 11.8 Å². The lowest BCUT2D eigenvalue weighted by Crippen LogP contribution is -2.23. The fourth-order valence-corrected chi connectivity index (χ4v) is 3.04. The van der Waals surface area contributed by atoms with Crippen LogP contribution in [-0.2, 0) is 4.79 Å². The quantitative estimate of drug-likeness (QED) is 0.843. The van der Waals surface area contributed by atoms with E-state index >= 15 is 0 Å². The summed E-state index contributed by atoms with van der Waals surface area (Å²) in [6, 6.07) is 10.3. The zero-order chi connectivity index (χ0) is 11.6. The van der Waals surface area contributed by atoms with E-state index < -0.39 is 5.97 Å². The molecule has 1 aliphatic carbocycles. The molecule has 0 saturated heterocycles. The molecule has 0 aromatic heterocycles. The van der Waals surface area contributed by atoms with E-state index in [4.69, 9.17) is 5.11 Å². The first-order valence-corrected chi connectivity index (χ1v) is 5.88. The number of rotatable bonds is 3. The predicted molar refractivity (Wildman–Crippen MR) is 63.4 cm³/mol. The molecular weight excluding hydrogens is 200 g/mol. The molecule has 1 saturated carbocycles. The number of carboxylic acids is 1. The number of carbonyl (C=O) groups is 1. The second-order valence-corrected chi connectivity index (χ2v) is 5.08. The van der Waals surface area contributed by atoms with E-state index in [1.807, 2.05) is 18.2 Å². The summed E-state index contributed by atoms with van der Waals surface area (Å²) < 4.78 is 0. The van der Waals surface area contributed by atoms with E-state index in [2.05, 4.69) is 19.1 Å². The lowest BCUT2D eigenvalue weighted by Gasteiger charge is -2.30. The Kier molecular flexibility index (Phi) is 2.99. The SMILES string of the molecule is CC1(CC(=O)O)CCCC1c1ccccc1. The molecule has 1 aliphatic rings. The molecule has 2 nitrogen and oxygen atoms in total. The van der Waals surface area contributed by atoms with Gasteiger partial charge >= 0.3 is 5.97 Å². The normalized spacial score (nSPS) is 29.2. The molecule has 0 radical (unpaired) electrons. The number of hydrogen-bond donors (Lipinski definition) is 1. The molecular formula is C14H18O2. The Hall–Kier alpha value is -1.31. The van der Waals surface area contributed by atoms with Gasteiger partial charge in [-0.05, 0) is 29.7 Å². The molecule has 1 aromatic carbocycles. The largest absolute Gasteiger partial charge is 0.481 e. The fraction of sp³-hybridized carbons (Fsp3) is 0.500. The first-order valence-electron chi connectivity index (χ1n) is 5.88. The van der Waals surface area contributed by atoms with Gasteiger partial charge in [0, 0.05) is 0 Å². The molecule has 0 amide bonds. The minimum absolute atomic E-state index is 0.0623. The van der Waals surface area contributed by atoms with Gasteiger partial charge in [-0.2, -0.15) is 0 Å². The maximum Gasteiger partial charge on any atom is 0.303 e. The van der Waals surface area contributed by atoms with Crippen molar-refractivity contribution in [1.82, 2.24) is 0 Å². The van der Waals surface area contributed by atoms with Gasteiger partial charge in [-0.1, -0.05) is 43.7 Å². The Morgan fingerprint density at radius 1 is 1.44 bits per heavy atom. The summed E-state index contributed by atoms with van der Waals surface area (Å²) >= 11 is 0. The summed E-state index contributed by atoms with van der Waals surface area (Å²) in [6.07, 6.45) is 3.57. The van der Waals surface area contributed by atoms with Crippen molar-refractivity contribution in [3.63, 3.8) is 0 Å². The Balaban J connectivity index is 2.24. The van der Waals surface area contributed by atoms with E-state index in [0.29, 0.717) is 5.92 Å². The van der Waals surface area contributed by atoms with Crippen LogP contribution in [0.2, 0.25) is 0 Å². The second-order valence-electron chi connectivity index (χ2n) is 5.08. The molecule has 16 heavy (non-hydrogen) atoms. The topological polar surface area (TPSA) is 37.3 Å². The Morgan fingerprint density at radius 3 is 2.75 bits per heavy atom. The third-order valence-corrected chi connectivity index (χ3v) is 3.84. The summed E-state index contributed by atoms with van der Waals surface area (Å²) in [5, 5.41) is 9.00. The third-order valence-electron chi connectivity index (χ3n) is 3.84. The minimum Gasteiger partial charge on any atom is -0.481 e. The summed E-state index contributed by atoms with van der Waals surface area (Å²) in [4.78, 5) is 10.9. The summed E-state index contributed by atoms with van der Waals surface area (Å²) in [6.45, 7) is 2.12. The molecule has 0 aliphatic heterocycles. The van der Waals surface area contributed by atoms with Gasteiger partial charge in [0.2, 0.25) is 0 Å². The summed E-state index contributed by atoms with van der Waals surface area (Å²) in [7, 11) is 0. The van der Waals surface area contributed by atoms with E-state index in [1.54, 1.807) is 0 Å². The van der Waals surface area contributed by atoms with Crippen LogP contribution < -0.4 is 0 Å². The van der Waals surface area contributed by atoms with E-state index in [1.165, 1.54) is 5.56 Å². The number of carboxylic acid groups (broad SMARTS) is 1. The van der Waals surface area contributed by atoms with Gasteiger partial charge in [-0.25, -0.2) is 0 Å². The summed E-state index contributed by atoms with van der Waals surface area (Å²) in [5.74, 6) is -0.268. The minimum atomic E-state index is -0.676. The van der Waals surface area contributed by atoms with Crippen molar-refractivity contribution in [2.24, 2.45) is 5.41 Å². The van der Waals surface area contributed by atoms with Crippen molar-refractivity contribution in [1.29, 1.82) is 0 Å². The van der Waals surface area contributed by atoms with Crippen molar-refractivity contribution in [3.8, 4) is 0 Å². The molecule has 0 heterocycles. The van der Waals surface area contributed by atoms with Gasteiger partial charge in [0.05, 0.1) is 6.42 Å². The molecule has 1 fully saturated rings. The predicted octanol–water partition coefficient (Wildman–Crippen LogP) is 3.44. The highest BCUT2D eigenvalue weighted by molar-refractivity contribution is 5.68. The van der Waals surface area contributed by atoms with Crippen molar-refractivity contribution in [3.05, 3.63) is 35.9 Å². The van der Waals surface area contributed by atoms with Gasteiger partial charge < -0.3 is 5.11 Å². The van der Waals surface area contributed by atoms with Crippen molar-refractivity contribution in [2.75, 3.05) is 0 Å². The maximum absolute atomic E-state index is 10.9. The van der Waals surface area contributed by atoms with Gasteiger partial charge in [-0.15, -0.1) is 0 Å². The van der Waals surface area contributed by atoms with Crippen LogP contribution in [-0.4, -0.2) is 11.1 Å². The van der Waals surface area contributed by atoms with Crippen LogP contribution in [0.1, 0.15) is 44.1 Å². The first-order chi connectivity index (χ1) is 7.62. The lowest BCUT2D eigenvalue weighted by molar-refractivity contribution is -0.139. The molecule has 1 N–H and O–H groups in total. The molecule has 0 bridgehead atoms. The lowest BCUT2D eigenvalue weighted by atomic mass is 9.74. The van der Waals surface area contributed by atoms with Gasteiger partial charge in [0.1, 0.15) is 0 Å². The average Bonchev–Trinajstić information content (AvgIpc) is 2.60. The van der Waals surface area contributed by atoms with Crippen LogP contribution in [0.4, 0.5) is 0 Å². The second kappa shape index (κ2) is 4.28. The third kappa shape index (κ3) is 2.11. The molecule has 2 unspecified atom stereocenters. The highest BCUT2D eigenvalue weighted by Crippen LogP contribution is 2.51. The Morgan fingerprint density at radius 2 is 2.12 bits per heavy atom. The average molecular weight is 218 g/mol. The van der Waals surface area contributed by atoms with Crippen molar-refractivity contribution in [2.45, 2.75) is 38.5 Å². The van der Waals surface area contributed by atoms with Gasteiger partial charge in [-0.3, -0.25) is 4.79 Å². The molecule has 2 atom stereocenters. The van der Waals surface area contributed by atoms with E-state index in [0.717, 1.165) is 19.3 Å².